The van der Waals surface area contributed by atoms with Crippen LogP contribution in [0.2, 0.25) is 0 Å². The summed E-state index contributed by atoms with van der Waals surface area (Å²) in [5.41, 5.74) is 2.47. The monoisotopic (exact) mass is 260 g/mol. The molecule has 102 valence electrons. The molecule has 2 rings (SSSR count). The Morgan fingerprint density at radius 1 is 1.53 bits per heavy atom. The highest BCUT2D eigenvalue weighted by Crippen LogP contribution is 2.36. The molecule has 1 aromatic carbocycles. The maximum Gasteiger partial charge on any atom is 0.0992 e. The molecular formula is C15H20N2O2. The van der Waals surface area contributed by atoms with Crippen molar-refractivity contribution < 1.29 is 9.84 Å². The molecule has 0 aromatic heterocycles. The second-order valence-corrected chi connectivity index (χ2v) is 4.98. The molecule has 1 aliphatic carbocycles. The quantitative estimate of drug-likeness (QED) is 0.852. The Labute approximate surface area is 114 Å². The zero-order valence-corrected chi connectivity index (χ0v) is 11.5. The Morgan fingerprint density at radius 3 is 2.79 bits per heavy atom. The lowest BCUT2D eigenvalue weighted by Crippen LogP contribution is -2.30. The van der Waals surface area contributed by atoms with Crippen LogP contribution in [0, 0.1) is 11.3 Å². The first-order chi connectivity index (χ1) is 9.17. The fraction of sp³-hybridized carbons (Fsp3) is 0.533. The molecule has 0 amide bonds. The number of ether oxygens (including phenoxy) is 1. The number of aliphatic hydroxyl groups is 1. The third-order valence-corrected chi connectivity index (χ3v) is 3.44. The summed E-state index contributed by atoms with van der Waals surface area (Å²) < 4.78 is 5.16. The average molecular weight is 260 g/mol. The maximum atomic E-state index is 9.90. The molecule has 0 aliphatic heterocycles. The van der Waals surface area contributed by atoms with Gasteiger partial charge in [0.05, 0.1) is 24.3 Å². The lowest BCUT2D eigenvalue weighted by atomic mass is 10.0. The lowest BCUT2D eigenvalue weighted by molar-refractivity contribution is 0.197. The summed E-state index contributed by atoms with van der Waals surface area (Å²) in [5.74, 6) is 0. The van der Waals surface area contributed by atoms with Gasteiger partial charge in [0.15, 0.2) is 0 Å². The van der Waals surface area contributed by atoms with Crippen molar-refractivity contribution in [2.45, 2.75) is 31.9 Å². The van der Waals surface area contributed by atoms with Crippen molar-refractivity contribution in [1.82, 2.24) is 0 Å². The average Bonchev–Trinajstić information content (AvgIpc) is 3.23. The molecule has 1 atom stereocenters. The van der Waals surface area contributed by atoms with Gasteiger partial charge in [-0.2, -0.15) is 5.26 Å². The van der Waals surface area contributed by atoms with Gasteiger partial charge in [0.1, 0.15) is 0 Å². The van der Waals surface area contributed by atoms with Gasteiger partial charge in [-0.15, -0.1) is 0 Å². The minimum atomic E-state index is -0.536. The van der Waals surface area contributed by atoms with E-state index in [1.807, 2.05) is 12.1 Å². The number of benzene rings is 1. The molecule has 1 unspecified atom stereocenters. The zero-order chi connectivity index (χ0) is 13.8. The van der Waals surface area contributed by atoms with Crippen LogP contribution < -0.4 is 4.90 Å². The van der Waals surface area contributed by atoms with Crippen LogP contribution in [0.5, 0.6) is 0 Å². The Morgan fingerprint density at radius 2 is 2.26 bits per heavy atom. The van der Waals surface area contributed by atoms with Crippen molar-refractivity contribution in [2.24, 2.45) is 0 Å². The van der Waals surface area contributed by atoms with Gasteiger partial charge >= 0.3 is 0 Å². The summed E-state index contributed by atoms with van der Waals surface area (Å²) in [7, 11) is 1.69. The molecule has 1 saturated carbocycles. The van der Waals surface area contributed by atoms with Gasteiger partial charge in [-0.25, -0.2) is 0 Å². The molecular weight excluding hydrogens is 240 g/mol. The van der Waals surface area contributed by atoms with E-state index in [2.05, 4.69) is 11.0 Å². The van der Waals surface area contributed by atoms with Crippen LogP contribution in [0.15, 0.2) is 18.2 Å². The highest BCUT2D eigenvalue weighted by Gasteiger charge is 2.30. The number of hydrogen-bond donors (Lipinski definition) is 1. The van der Waals surface area contributed by atoms with Crippen LogP contribution in [0.3, 0.4) is 0 Å². The van der Waals surface area contributed by atoms with E-state index >= 15 is 0 Å². The van der Waals surface area contributed by atoms with Gasteiger partial charge < -0.3 is 14.7 Å². The van der Waals surface area contributed by atoms with Crippen LogP contribution in [0.4, 0.5) is 5.69 Å². The van der Waals surface area contributed by atoms with E-state index < -0.39 is 6.10 Å². The zero-order valence-electron chi connectivity index (χ0n) is 11.5. The third-order valence-electron chi connectivity index (χ3n) is 3.44. The first kappa shape index (κ1) is 13.9. The van der Waals surface area contributed by atoms with E-state index in [9.17, 15) is 5.11 Å². The number of methoxy groups -OCH3 is 1. The van der Waals surface area contributed by atoms with Crippen LogP contribution in [0.25, 0.3) is 0 Å². The van der Waals surface area contributed by atoms with Crippen LogP contribution in [0.1, 0.15) is 37.0 Å². The fourth-order valence-electron chi connectivity index (χ4n) is 2.29. The van der Waals surface area contributed by atoms with Crippen molar-refractivity contribution in [3.05, 3.63) is 29.3 Å². The summed E-state index contributed by atoms with van der Waals surface area (Å²) in [6, 6.07) is 8.16. The number of rotatable bonds is 6. The van der Waals surface area contributed by atoms with Gasteiger partial charge in [0.25, 0.3) is 0 Å². The van der Waals surface area contributed by atoms with Gasteiger partial charge in [0.2, 0.25) is 0 Å². The number of nitriles is 1. The lowest BCUT2D eigenvalue weighted by Gasteiger charge is -2.28. The third kappa shape index (κ3) is 3.25. The fourth-order valence-corrected chi connectivity index (χ4v) is 2.29. The van der Waals surface area contributed by atoms with E-state index in [0.29, 0.717) is 18.2 Å². The van der Waals surface area contributed by atoms with E-state index in [-0.39, 0.29) is 0 Å². The van der Waals surface area contributed by atoms with Crippen molar-refractivity contribution in [1.29, 1.82) is 5.26 Å². The number of nitrogens with zero attached hydrogens (tertiary/aromatic N) is 2. The Kier molecular flexibility index (Phi) is 4.41. The van der Waals surface area contributed by atoms with Crippen LogP contribution in [-0.2, 0) is 4.74 Å². The number of anilines is 1. The molecule has 4 heteroatoms. The predicted molar refractivity (Wildman–Crippen MR) is 74.0 cm³/mol. The molecule has 0 radical (unpaired) electrons. The molecule has 0 heterocycles. The molecule has 0 saturated heterocycles. The molecule has 1 N–H and O–H groups in total. The minimum Gasteiger partial charge on any atom is -0.389 e. The van der Waals surface area contributed by atoms with Gasteiger partial charge in [0, 0.05) is 30.9 Å². The highest BCUT2D eigenvalue weighted by molar-refractivity contribution is 5.59. The Hall–Kier alpha value is -1.57. The molecule has 0 bridgehead atoms. The Balaban J connectivity index is 2.35. The summed E-state index contributed by atoms with van der Waals surface area (Å²) in [5, 5.41) is 19.0. The molecule has 1 aliphatic rings. The second-order valence-electron chi connectivity index (χ2n) is 4.98. The second kappa shape index (κ2) is 6.05. The molecule has 1 aromatic rings. The van der Waals surface area contributed by atoms with Gasteiger partial charge in [-0.1, -0.05) is 6.07 Å². The largest absolute Gasteiger partial charge is 0.389 e. The van der Waals surface area contributed by atoms with Crippen molar-refractivity contribution in [3.63, 3.8) is 0 Å². The predicted octanol–water partition coefficient (Wildman–Crippen LogP) is 2.23. The van der Waals surface area contributed by atoms with Crippen LogP contribution >= 0.6 is 0 Å². The molecule has 4 nitrogen and oxygen atoms in total. The number of aliphatic hydroxyl groups excluding tert-OH is 1. The summed E-state index contributed by atoms with van der Waals surface area (Å²) in [6.45, 7) is 3.19. The van der Waals surface area contributed by atoms with E-state index in [4.69, 9.17) is 10.00 Å². The number of hydrogen-bond acceptors (Lipinski definition) is 4. The SMILES string of the molecule is COCCN(c1cc(C#N)ccc1C(C)O)C1CC1. The van der Waals surface area contributed by atoms with Crippen molar-refractivity contribution in [2.75, 3.05) is 25.2 Å². The van der Waals surface area contributed by atoms with E-state index in [0.717, 1.165) is 17.8 Å². The minimum absolute atomic E-state index is 0.515. The summed E-state index contributed by atoms with van der Waals surface area (Å²) in [6.07, 6.45) is 1.80. The highest BCUT2D eigenvalue weighted by atomic mass is 16.5. The van der Waals surface area contributed by atoms with Crippen molar-refractivity contribution >= 4 is 5.69 Å². The summed E-state index contributed by atoms with van der Waals surface area (Å²) in [4.78, 5) is 2.26. The van der Waals surface area contributed by atoms with Gasteiger partial charge in [-0.05, 0) is 31.9 Å². The van der Waals surface area contributed by atoms with Gasteiger partial charge in [-0.3, -0.25) is 0 Å². The molecule has 0 spiro atoms. The normalized spacial score (nSPS) is 15.9. The van der Waals surface area contributed by atoms with E-state index in [1.165, 1.54) is 12.8 Å². The molecule has 1 fully saturated rings. The standard InChI is InChI=1S/C15H20N2O2/c1-11(18)14-6-3-12(10-16)9-15(14)17(7-8-19-2)13-4-5-13/h3,6,9,11,13,18H,4-5,7-8H2,1-2H3. The topological polar surface area (TPSA) is 56.5 Å². The smallest absolute Gasteiger partial charge is 0.0992 e. The Bertz CT molecular complexity index is 476. The van der Waals surface area contributed by atoms with Crippen LogP contribution in [-0.4, -0.2) is 31.4 Å². The van der Waals surface area contributed by atoms with E-state index in [1.54, 1.807) is 20.1 Å². The molecule has 19 heavy (non-hydrogen) atoms. The van der Waals surface area contributed by atoms with Crippen molar-refractivity contribution in [3.8, 4) is 6.07 Å². The first-order valence-electron chi connectivity index (χ1n) is 6.65. The maximum absolute atomic E-state index is 9.90. The first-order valence-corrected chi connectivity index (χ1v) is 6.65. The summed E-state index contributed by atoms with van der Waals surface area (Å²) >= 11 is 0.